The molecule has 0 fully saturated rings. The molecule has 9 heteroatoms. The third-order valence-corrected chi connectivity index (χ3v) is 8.27. The van der Waals surface area contributed by atoms with Crippen LogP contribution in [0.1, 0.15) is 76.0 Å². The van der Waals surface area contributed by atoms with Gasteiger partial charge in [-0.1, -0.05) is 38.5 Å². The first kappa shape index (κ1) is 30.3. The fourth-order valence-electron chi connectivity index (χ4n) is 4.73. The topological polar surface area (TPSA) is 105 Å². The van der Waals surface area contributed by atoms with E-state index in [9.17, 15) is 19.3 Å². The predicted molar refractivity (Wildman–Crippen MR) is 155 cm³/mol. The Kier molecular flexibility index (Phi) is 10.7. The summed E-state index contributed by atoms with van der Waals surface area (Å²) in [5, 5.41) is 5.67. The quantitative estimate of drug-likeness (QED) is 0.136. The Bertz CT molecular complexity index is 1180. The molecule has 1 aliphatic rings. The van der Waals surface area contributed by atoms with Crippen LogP contribution < -0.4 is 5.32 Å². The van der Waals surface area contributed by atoms with Gasteiger partial charge in [0.2, 0.25) is 0 Å². The van der Waals surface area contributed by atoms with E-state index in [-0.39, 0.29) is 18.0 Å². The van der Waals surface area contributed by atoms with Crippen LogP contribution in [0.2, 0.25) is 0 Å². The largest absolute Gasteiger partial charge is 0.469 e. The number of hydrogen-bond donors (Lipinski definition) is 1. The molecule has 2 aromatic rings. The monoisotopic (exact) mass is 553 g/mol. The highest BCUT2D eigenvalue weighted by molar-refractivity contribution is 8.01. The zero-order valence-corrected chi connectivity index (χ0v) is 24.3. The normalized spacial score (nSPS) is 14.6. The Hall–Kier alpha value is -3.20. The Morgan fingerprint density at radius 2 is 1.74 bits per heavy atom. The molecule has 0 radical (unpaired) electrons. The van der Waals surface area contributed by atoms with E-state index in [1.165, 1.54) is 30.0 Å². The van der Waals surface area contributed by atoms with Crippen LogP contribution in [0.5, 0.6) is 0 Å². The summed E-state index contributed by atoms with van der Waals surface area (Å²) < 4.78 is 3.78. The molecule has 0 bridgehead atoms. The lowest BCUT2D eigenvalue weighted by Crippen LogP contribution is -2.44. The summed E-state index contributed by atoms with van der Waals surface area (Å²) >= 11 is 1.31. The van der Waals surface area contributed by atoms with E-state index in [2.05, 4.69) is 30.4 Å². The van der Waals surface area contributed by atoms with Crippen LogP contribution in [0, 0.1) is 4.91 Å². The van der Waals surface area contributed by atoms with Crippen molar-refractivity contribution in [3.05, 3.63) is 64.1 Å². The molecule has 0 saturated carbocycles. The first-order valence-electron chi connectivity index (χ1n) is 13.5. The Balaban J connectivity index is 1.72. The number of carbonyl (C=O) groups excluding carboxylic acids is 3. The smallest absolute Gasteiger partial charge is 0.322 e. The SMILES string of the molecule is COC(=O)CCCCCN(C(=O)Nc1ccc(C(C)C)cc1)C1Cc2ccc(SC(C)(C)C(=O)N=O)cc2C1. The highest BCUT2D eigenvalue weighted by Crippen LogP contribution is 2.37. The number of carbonyl (C=O) groups is 3. The number of urea groups is 1. The molecule has 0 heterocycles. The minimum atomic E-state index is -0.949. The fraction of sp³-hybridized carbons (Fsp3) is 0.500. The minimum Gasteiger partial charge on any atom is -0.469 e. The summed E-state index contributed by atoms with van der Waals surface area (Å²) in [5.74, 6) is -0.500. The maximum absolute atomic E-state index is 13.5. The molecule has 0 saturated heterocycles. The number of methoxy groups -OCH3 is 1. The highest BCUT2D eigenvalue weighted by Gasteiger charge is 2.33. The van der Waals surface area contributed by atoms with Crippen molar-refractivity contribution in [3.63, 3.8) is 0 Å². The first-order chi connectivity index (χ1) is 18.5. The lowest BCUT2D eigenvalue weighted by molar-refractivity contribution is -0.140. The average Bonchev–Trinajstić information content (AvgIpc) is 3.32. The second-order valence-corrected chi connectivity index (χ2v) is 12.5. The van der Waals surface area contributed by atoms with Crippen molar-refractivity contribution in [2.75, 3.05) is 19.0 Å². The zero-order valence-electron chi connectivity index (χ0n) is 23.5. The van der Waals surface area contributed by atoms with Crippen molar-refractivity contribution in [2.24, 2.45) is 5.18 Å². The predicted octanol–water partition coefficient (Wildman–Crippen LogP) is 6.71. The van der Waals surface area contributed by atoms with Gasteiger partial charge in [0.05, 0.1) is 11.9 Å². The second-order valence-electron chi connectivity index (χ2n) is 10.8. The number of fused-ring (bicyclic) bond motifs is 1. The molecular formula is C30H39N3O5S. The molecule has 8 nitrogen and oxygen atoms in total. The van der Waals surface area contributed by atoms with E-state index < -0.39 is 10.7 Å². The molecule has 3 amide bonds. The number of nitrogens with one attached hydrogen (secondary N) is 1. The van der Waals surface area contributed by atoms with Gasteiger partial charge in [0.25, 0.3) is 0 Å². The summed E-state index contributed by atoms with van der Waals surface area (Å²) in [6.45, 7) is 8.23. The standard InChI is InChI=1S/C30H39N3O5S/c1-20(2)21-10-13-24(14-11-21)31-29(36)33(16-8-6-7-9-27(34)38-5)25-17-22-12-15-26(19-23(22)18-25)39-30(3,4)28(35)32-37/h10-15,19-20,25H,6-9,16-18H2,1-5H3,(H,31,36). The van der Waals surface area contributed by atoms with Gasteiger partial charge in [-0.25, -0.2) is 4.79 Å². The molecule has 3 rings (SSSR count). The molecule has 1 aliphatic carbocycles. The number of nitrogens with zero attached hydrogens (tertiary/aromatic N) is 2. The van der Waals surface area contributed by atoms with Crippen molar-refractivity contribution in [1.82, 2.24) is 4.90 Å². The van der Waals surface area contributed by atoms with Crippen LogP contribution in [0.15, 0.2) is 52.5 Å². The van der Waals surface area contributed by atoms with Gasteiger partial charge in [-0.3, -0.25) is 9.59 Å². The zero-order chi connectivity index (χ0) is 28.6. The van der Waals surface area contributed by atoms with Gasteiger partial charge in [0.1, 0.15) is 0 Å². The van der Waals surface area contributed by atoms with Crippen LogP contribution in [0.3, 0.4) is 0 Å². The lowest BCUT2D eigenvalue weighted by atomic mass is 10.0. The number of hydrogen-bond acceptors (Lipinski definition) is 6. The number of anilines is 1. The highest BCUT2D eigenvalue weighted by atomic mass is 32.2. The maximum atomic E-state index is 13.5. The van der Waals surface area contributed by atoms with E-state index in [1.54, 1.807) is 13.8 Å². The number of ether oxygens (including phenoxy) is 1. The molecule has 0 aliphatic heterocycles. The number of benzene rings is 2. The molecule has 0 spiro atoms. The van der Waals surface area contributed by atoms with E-state index in [0.717, 1.165) is 35.4 Å². The Morgan fingerprint density at radius 1 is 1.05 bits per heavy atom. The Morgan fingerprint density at radius 3 is 2.38 bits per heavy atom. The average molecular weight is 554 g/mol. The number of unbranched alkanes of at least 4 members (excludes halogenated alkanes) is 2. The maximum Gasteiger partial charge on any atom is 0.322 e. The van der Waals surface area contributed by atoms with Crippen molar-refractivity contribution in [3.8, 4) is 0 Å². The summed E-state index contributed by atoms with van der Waals surface area (Å²) in [5.41, 5.74) is 4.28. The van der Waals surface area contributed by atoms with E-state index >= 15 is 0 Å². The number of amides is 3. The molecule has 1 unspecified atom stereocenters. The van der Waals surface area contributed by atoms with Gasteiger partial charge in [-0.05, 0) is 86.4 Å². The second kappa shape index (κ2) is 13.7. The van der Waals surface area contributed by atoms with Crippen LogP contribution in [-0.2, 0) is 27.2 Å². The lowest BCUT2D eigenvalue weighted by Gasteiger charge is -2.29. The molecular weight excluding hydrogens is 514 g/mol. The summed E-state index contributed by atoms with van der Waals surface area (Å²) in [6.07, 6.45) is 4.12. The fourth-order valence-corrected chi connectivity index (χ4v) is 5.78. The van der Waals surface area contributed by atoms with Crippen LogP contribution in [-0.4, -0.2) is 47.3 Å². The van der Waals surface area contributed by atoms with Gasteiger partial charge < -0.3 is 15.0 Å². The first-order valence-corrected chi connectivity index (χ1v) is 14.3. The van der Waals surface area contributed by atoms with Gasteiger partial charge >= 0.3 is 17.9 Å². The molecule has 39 heavy (non-hydrogen) atoms. The number of thioether (sulfide) groups is 1. The van der Waals surface area contributed by atoms with E-state index in [1.807, 2.05) is 41.3 Å². The third kappa shape index (κ3) is 8.39. The van der Waals surface area contributed by atoms with E-state index in [0.29, 0.717) is 31.7 Å². The van der Waals surface area contributed by atoms with E-state index in [4.69, 9.17) is 4.74 Å². The summed E-state index contributed by atoms with van der Waals surface area (Å²) in [6, 6.07) is 13.8. The van der Waals surface area contributed by atoms with Crippen molar-refractivity contribution < 1.29 is 19.1 Å². The molecule has 1 N–H and O–H groups in total. The molecule has 210 valence electrons. The van der Waals surface area contributed by atoms with Gasteiger partial charge in [-0.2, -0.15) is 0 Å². The van der Waals surface area contributed by atoms with Crippen LogP contribution >= 0.6 is 11.8 Å². The molecule has 1 atom stereocenters. The van der Waals surface area contributed by atoms with Gasteiger partial charge in [0, 0.05) is 34.8 Å². The number of nitroso groups, excluding NO2 is 1. The summed E-state index contributed by atoms with van der Waals surface area (Å²) in [7, 11) is 1.39. The van der Waals surface area contributed by atoms with Crippen LogP contribution in [0.25, 0.3) is 0 Å². The van der Waals surface area contributed by atoms with Gasteiger partial charge in [0.15, 0.2) is 0 Å². The Labute approximate surface area is 235 Å². The van der Waals surface area contributed by atoms with Crippen molar-refractivity contribution >= 4 is 35.4 Å². The van der Waals surface area contributed by atoms with Crippen LogP contribution in [0.4, 0.5) is 10.5 Å². The molecule has 0 aromatic heterocycles. The van der Waals surface area contributed by atoms with Gasteiger partial charge in [-0.15, -0.1) is 16.7 Å². The van der Waals surface area contributed by atoms with Crippen molar-refractivity contribution in [1.29, 1.82) is 0 Å². The third-order valence-electron chi connectivity index (χ3n) is 7.10. The number of rotatable bonds is 12. The van der Waals surface area contributed by atoms with Crippen molar-refractivity contribution in [2.45, 2.75) is 87.8 Å². The number of esters is 1. The minimum absolute atomic E-state index is 0.0120. The molecule has 2 aromatic carbocycles. The summed E-state index contributed by atoms with van der Waals surface area (Å²) in [4.78, 5) is 50.5.